The zero-order chi connectivity index (χ0) is 21.8. The van der Waals surface area contributed by atoms with E-state index in [2.05, 4.69) is 0 Å². The van der Waals surface area contributed by atoms with Crippen LogP contribution in [0.15, 0.2) is 12.1 Å². The molecular weight excluding hydrogens is 377 g/mol. The summed E-state index contributed by atoms with van der Waals surface area (Å²) in [6, 6.07) is 3.01. The molecule has 1 amide bonds. The van der Waals surface area contributed by atoms with Crippen LogP contribution in [0.25, 0.3) is 0 Å². The molecule has 2 rings (SSSR count). The topological polar surface area (TPSA) is 76.1 Å². The van der Waals surface area contributed by atoms with E-state index < -0.39 is 22.9 Å². The lowest BCUT2D eigenvalue weighted by Gasteiger charge is -2.41. The number of hydrogen-bond donors (Lipinski definition) is 1. The second-order valence-corrected chi connectivity index (χ2v) is 8.47. The lowest BCUT2D eigenvalue weighted by atomic mass is 9.68. The molecule has 1 N–H and O–H groups in total. The van der Waals surface area contributed by atoms with Crippen LogP contribution in [0.4, 0.5) is 9.18 Å². The summed E-state index contributed by atoms with van der Waals surface area (Å²) in [6.07, 6.45) is 0.788. The summed E-state index contributed by atoms with van der Waals surface area (Å²) in [5.74, 6) is -0.265. The van der Waals surface area contributed by atoms with Crippen molar-refractivity contribution in [1.29, 1.82) is 0 Å². The first-order valence-corrected chi connectivity index (χ1v) is 10.1. The number of benzene rings is 1. The number of piperidine rings is 1. The van der Waals surface area contributed by atoms with Crippen LogP contribution in [-0.2, 0) is 21.4 Å². The molecular formula is C22H32FNO5. The van der Waals surface area contributed by atoms with E-state index in [1.807, 2.05) is 6.92 Å². The van der Waals surface area contributed by atoms with Gasteiger partial charge in [0.05, 0.1) is 12.0 Å². The van der Waals surface area contributed by atoms with Crippen molar-refractivity contribution in [3.05, 3.63) is 29.1 Å². The SMILES string of the molecule is CCc1cc(OCCO)cc(F)c1C1(C(C)=O)CCN(C(=O)OC(C)(C)C)CC1. The third-order valence-corrected chi connectivity index (χ3v) is 5.31. The minimum Gasteiger partial charge on any atom is -0.491 e. The highest BCUT2D eigenvalue weighted by atomic mass is 19.1. The quantitative estimate of drug-likeness (QED) is 0.777. The molecule has 0 radical (unpaired) electrons. The van der Waals surface area contributed by atoms with Crippen molar-refractivity contribution in [1.82, 2.24) is 4.90 Å². The molecule has 0 aliphatic carbocycles. The van der Waals surface area contributed by atoms with Crippen LogP contribution in [-0.4, -0.2) is 53.8 Å². The Kier molecular flexibility index (Phi) is 7.27. The molecule has 1 aliphatic rings. The molecule has 162 valence electrons. The Labute approximate surface area is 172 Å². The monoisotopic (exact) mass is 409 g/mol. The number of ketones is 1. The maximum absolute atomic E-state index is 15.2. The number of halogens is 1. The molecule has 1 aliphatic heterocycles. The third-order valence-electron chi connectivity index (χ3n) is 5.31. The number of carbonyl (C=O) groups is 2. The van der Waals surface area contributed by atoms with Crippen molar-refractivity contribution < 1.29 is 28.6 Å². The molecule has 29 heavy (non-hydrogen) atoms. The van der Waals surface area contributed by atoms with Crippen LogP contribution >= 0.6 is 0 Å². The van der Waals surface area contributed by atoms with Gasteiger partial charge in [0.15, 0.2) is 0 Å². The van der Waals surface area contributed by atoms with Crippen molar-refractivity contribution in [2.75, 3.05) is 26.3 Å². The molecule has 1 aromatic carbocycles. The van der Waals surface area contributed by atoms with E-state index in [1.54, 1.807) is 31.7 Å². The van der Waals surface area contributed by atoms with Gasteiger partial charge in [0.1, 0.15) is 29.6 Å². The molecule has 1 heterocycles. The Bertz CT molecular complexity index is 748. The van der Waals surface area contributed by atoms with Crippen LogP contribution in [0, 0.1) is 5.82 Å². The van der Waals surface area contributed by atoms with Gasteiger partial charge in [-0.1, -0.05) is 6.92 Å². The Morgan fingerprint density at radius 1 is 1.24 bits per heavy atom. The number of amides is 1. The number of aliphatic hydroxyl groups is 1. The third kappa shape index (κ3) is 5.26. The Morgan fingerprint density at radius 2 is 1.86 bits per heavy atom. The number of carbonyl (C=O) groups excluding carboxylic acids is 2. The van der Waals surface area contributed by atoms with Gasteiger partial charge < -0.3 is 19.5 Å². The van der Waals surface area contributed by atoms with Crippen molar-refractivity contribution in [3.8, 4) is 5.75 Å². The van der Waals surface area contributed by atoms with Crippen LogP contribution in [0.3, 0.4) is 0 Å². The summed E-state index contributed by atoms with van der Waals surface area (Å²) >= 11 is 0. The number of ether oxygens (including phenoxy) is 2. The predicted octanol–water partition coefficient (Wildman–Crippen LogP) is 3.62. The molecule has 1 fully saturated rings. The van der Waals surface area contributed by atoms with Crippen molar-refractivity contribution in [2.45, 2.75) is 64.9 Å². The standard InChI is InChI=1S/C22H32FNO5/c1-6-16-13-17(28-12-11-25)14-18(23)19(16)22(15(2)26)7-9-24(10-8-22)20(27)29-21(3,4)5/h13-14,25H,6-12H2,1-5H3. The first kappa shape index (κ1) is 23.1. The average Bonchev–Trinajstić information content (AvgIpc) is 2.64. The van der Waals surface area contributed by atoms with E-state index in [0.29, 0.717) is 49.2 Å². The number of rotatable bonds is 6. The molecule has 1 saturated heterocycles. The maximum Gasteiger partial charge on any atom is 0.410 e. The molecule has 6 nitrogen and oxygen atoms in total. The maximum atomic E-state index is 15.2. The highest BCUT2D eigenvalue weighted by molar-refractivity contribution is 5.89. The van der Waals surface area contributed by atoms with Crippen LogP contribution in [0.1, 0.15) is 58.6 Å². The molecule has 0 spiro atoms. The number of likely N-dealkylation sites (tertiary alicyclic amines) is 1. The summed E-state index contributed by atoms with van der Waals surface area (Å²) < 4.78 is 26.0. The highest BCUT2D eigenvalue weighted by Crippen LogP contribution is 2.41. The van der Waals surface area contributed by atoms with Gasteiger partial charge >= 0.3 is 6.09 Å². The first-order valence-electron chi connectivity index (χ1n) is 10.1. The highest BCUT2D eigenvalue weighted by Gasteiger charge is 2.45. The van der Waals surface area contributed by atoms with Crippen LogP contribution < -0.4 is 4.74 Å². The lowest BCUT2D eigenvalue weighted by Crippen LogP contribution is -2.50. The van der Waals surface area contributed by atoms with Gasteiger partial charge in [-0.25, -0.2) is 9.18 Å². The van der Waals surface area contributed by atoms with E-state index in [-0.39, 0.29) is 19.0 Å². The smallest absolute Gasteiger partial charge is 0.410 e. The number of Topliss-reactive ketones (excluding diaryl/α,β-unsaturated/α-hetero) is 1. The summed E-state index contributed by atoms with van der Waals surface area (Å²) in [5, 5.41) is 8.93. The van der Waals surface area contributed by atoms with Gasteiger partial charge in [0, 0.05) is 24.7 Å². The van der Waals surface area contributed by atoms with Gasteiger partial charge in [-0.05, 0) is 58.6 Å². The number of aryl methyl sites for hydroxylation is 1. The molecule has 7 heteroatoms. The van der Waals surface area contributed by atoms with Crippen molar-refractivity contribution in [3.63, 3.8) is 0 Å². The van der Waals surface area contributed by atoms with Crippen molar-refractivity contribution in [2.24, 2.45) is 0 Å². The molecule has 0 bridgehead atoms. The number of nitrogens with zero attached hydrogens (tertiary/aromatic N) is 1. The molecule has 0 unspecified atom stereocenters. The van der Waals surface area contributed by atoms with E-state index >= 15 is 4.39 Å². The van der Waals surface area contributed by atoms with E-state index in [4.69, 9.17) is 14.6 Å². The number of aliphatic hydroxyl groups excluding tert-OH is 1. The molecule has 0 atom stereocenters. The summed E-state index contributed by atoms with van der Waals surface area (Å²) in [5.41, 5.74) is -0.479. The largest absolute Gasteiger partial charge is 0.491 e. The van der Waals surface area contributed by atoms with Crippen LogP contribution in [0.2, 0.25) is 0 Å². The predicted molar refractivity (Wildman–Crippen MR) is 108 cm³/mol. The van der Waals surface area contributed by atoms with Gasteiger partial charge in [-0.3, -0.25) is 4.79 Å². The minimum absolute atomic E-state index is 0.0740. The molecule has 0 aromatic heterocycles. The first-order chi connectivity index (χ1) is 13.5. The Morgan fingerprint density at radius 3 is 2.34 bits per heavy atom. The van der Waals surface area contributed by atoms with Gasteiger partial charge in [0.25, 0.3) is 0 Å². The fraction of sp³-hybridized carbons (Fsp3) is 0.636. The van der Waals surface area contributed by atoms with E-state index in [1.165, 1.54) is 13.0 Å². The zero-order valence-corrected chi connectivity index (χ0v) is 18.0. The second-order valence-electron chi connectivity index (χ2n) is 8.47. The fourth-order valence-electron chi connectivity index (χ4n) is 3.87. The molecule has 0 saturated carbocycles. The van der Waals surface area contributed by atoms with Crippen molar-refractivity contribution >= 4 is 11.9 Å². The van der Waals surface area contributed by atoms with E-state index in [9.17, 15) is 9.59 Å². The lowest BCUT2D eigenvalue weighted by molar-refractivity contribution is -0.124. The van der Waals surface area contributed by atoms with Gasteiger partial charge in [-0.2, -0.15) is 0 Å². The Hall–Kier alpha value is -2.15. The van der Waals surface area contributed by atoms with Gasteiger partial charge in [-0.15, -0.1) is 0 Å². The Balaban J connectivity index is 2.33. The number of hydrogen-bond acceptors (Lipinski definition) is 5. The summed E-state index contributed by atoms with van der Waals surface area (Å²) in [6.45, 7) is 9.34. The van der Waals surface area contributed by atoms with Gasteiger partial charge in [0.2, 0.25) is 0 Å². The molecule has 1 aromatic rings. The van der Waals surface area contributed by atoms with Crippen LogP contribution in [0.5, 0.6) is 5.75 Å². The average molecular weight is 409 g/mol. The second kappa shape index (κ2) is 9.11. The summed E-state index contributed by atoms with van der Waals surface area (Å²) in [4.78, 5) is 26.7. The summed E-state index contributed by atoms with van der Waals surface area (Å²) in [7, 11) is 0. The normalized spacial score (nSPS) is 16.4. The van der Waals surface area contributed by atoms with E-state index in [0.717, 1.165) is 0 Å². The minimum atomic E-state index is -0.983. The zero-order valence-electron chi connectivity index (χ0n) is 18.0. The fourth-order valence-corrected chi connectivity index (χ4v) is 3.87.